The maximum absolute atomic E-state index is 4.67. The van der Waals surface area contributed by atoms with E-state index in [0.29, 0.717) is 6.04 Å². The van der Waals surface area contributed by atoms with Crippen LogP contribution in [0, 0.1) is 0 Å². The molecule has 1 saturated heterocycles. The van der Waals surface area contributed by atoms with E-state index in [4.69, 9.17) is 0 Å². The zero-order chi connectivity index (χ0) is 17.4. The molecule has 0 spiro atoms. The number of halogens is 1. The van der Waals surface area contributed by atoms with Crippen LogP contribution in [0.5, 0.6) is 0 Å². The first kappa shape index (κ1) is 18.8. The van der Waals surface area contributed by atoms with Crippen molar-refractivity contribution in [3.05, 3.63) is 42.2 Å². The number of pyridine rings is 1. The topological polar surface area (TPSA) is 63.8 Å². The third kappa shape index (κ3) is 3.47. The predicted molar refractivity (Wildman–Crippen MR) is 104 cm³/mol. The first-order valence-electron chi connectivity index (χ1n) is 8.87. The van der Waals surface area contributed by atoms with Gasteiger partial charge >= 0.3 is 0 Å². The molecule has 0 amide bonds. The molecular weight excluding hydrogens is 350 g/mol. The van der Waals surface area contributed by atoms with Crippen LogP contribution in [0.15, 0.2) is 30.9 Å². The zero-order valence-corrected chi connectivity index (χ0v) is 16.3. The number of nitrogens with zero attached hydrogens (tertiary/aromatic N) is 6. The highest BCUT2D eigenvalue weighted by atomic mass is 35.5. The van der Waals surface area contributed by atoms with Gasteiger partial charge in [-0.25, -0.2) is 14.6 Å². The summed E-state index contributed by atoms with van der Waals surface area (Å²) >= 11 is 0. The van der Waals surface area contributed by atoms with Crippen molar-refractivity contribution in [1.82, 2.24) is 34.5 Å². The Kier molecular flexibility index (Phi) is 5.60. The number of hydrogen-bond acceptors (Lipinski definition) is 5. The van der Waals surface area contributed by atoms with Crippen molar-refractivity contribution in [1.29, 1.82) is 0 Å². The van der Waals surface area contributed by atoms with E-state index in [1.807, 2.05) is 29.5 Å². The van der Waals surface area contributed by atoms with Crippen LogP contribution in [0.4, 0.5) is 0 Å². The number of imidazole rings is 1. The molecule has 1 aliphatic heterocycles. The first-order chi connectivity index (χ1) is 12.1. The minimum absolute atomic E-state index is 0. The van der Waals surface area contributed by atoms with Crippen LogP contribution in [-0.4, -0.2) is 48.8 Å². The standard InChI is InChI=1S/C18H25N7.ClH/c1-13(2)25-17-15(10-22-25)8-14(9-21-17)12-24-7-4-19-11-16(24)18-20-5-6-23(18)3;/h5-6,8-10,13,16,19H,4,7,11-12H2,1-3H3;1H. The molecular formula is C18H26ClN7. The second-order valence-corrected chi connectivity index (χ2v) is 7.03. The third-order valence-electron chi connectivity index (χ3n) is 4.88. The second-order valence-electron chi connectivity index (χ2n) is 7.03. The van der Waals surface area contributed by atoms with E-state index in [9.17, 15) is 0 Å². The smallest absolute Gasteiger partial charge is 0.157 e. The fourth-order valence-electron chi connectivity index (χ4n) is 3.57. The Balaban J connectivity index is 0.00000196. The van der Waals surface area contributed by atoms with Crippen molar-refractivity contribution in [3.63, 3.8) is 0 Å². The summed E-state index contributed by atoms with van der Waals surface area (Å²) in [6.07, 6.45) is 7.78. The molecule has 0 aromatic carbocycles. The number of aryl methyl sites for hydroxylation is 1. The number of aromatic nitrogens is 5. The monoisotopic (exact) mass is 375 g/mol. The lowest BCUT2D eigenvalue weighted by molar-refractivity contribution is 0.144. The Morgan fingerprint density at radius 3 is 2.85 bits per heavy atom. The van der Waals surface area contributed by atoms with Crippen molar-refractivity contribution in [2.75, 3.05) is 19.6 Å². The summed E-state index contributed by atoms with van der Waals surface area (Å²) in [6.45, 7) is 8.05. The largest absolute Gasteiger partial charge is 0.337 e. The Morgan fingerprint density at radius 2 is 2.12 bits per heavy atom. The van der Waals surface area contributed by atoms with Gasteiger partial charge in [-0.2, -0.15) is 5.10 Å². The van der Waals surface area contributed by atoms with Crippen LogP contribution in [-0.2, 0) is 13.6 Å². The van der Waals surface area contributed by atoms with Gasteiger partial charge in [0.25, 0.3) is 0 Å². The number of hydrogen-bond donors (Lipinski definition) is 1. The van der Waals surface area contributed by atoms with Crippen molar-refractivity contribution in [2.24, 2.45) is 7.05 Å². The molecule has 0 radical (unpaired) electrons. The number of fused-ring (bicyclic) bond motifs is 1. The lowest BCUT2D eigenvalue weighted by atomic mass is 10.1. The van der Waals surface area contributed by atoms with E-state index in [1.54, 1.807) is 0 Å². The van der Waals surface area contributed by atoms with Gasteiger partial charge < -0.3 is 9.88 Å². The van der Waals surface area contributed by atoms with Crippen LogP contribution in [0.1, 0.15) is 37.3 Å². The fourth-order valence-corrected chi connectivity index (χ4v) is 3.57. The van der Waals surface area contributed by atoms with Gasteiger partial charge in [0.15, 0.2) is 5.65 Å². The van der Waals surface area contributed by atoms with E-state index >= 15 is 0 Å². The molecule has 4 rings (SSSR count). The summed E-state index contributed by atoms with van der Waals surface area (Å²) in [5, 5.41) is 9.06. The average Bonchev–Trinajstić information content (AvgIpc) is 3.21. The number of nitrogens with one attached hydrogen (secondary N) is 1. The van der Waals surface area contributed by atoms with E-state index in [-0.39, 0.29) is 18.4 Å². The van der Waals surface area contributed by atoms with Gasteiger partial charge in [0, 0.05) is 63.2 Å². The lowest BCUT2D eigenvalue weighted by Gasteiger charge is -2.35. The van der Waals surface area contributed by atoms with Crippen LogP contribution in [0.2, 0.25) is 0 Å². The zero-order valence-electron chi connectivity index (χ0n) is 15.5. The summed E-state index contributed by atoms with van der Waals surface area (Å²) in [6, 6.07) is 2.81. The van der Waals surface area contributed by atoms with Gasteiger partial charge in [-0.05, 0) is 25.5 Å². The molecule has 1 fully saturated rings. The molecule has 0 bridgehead atoms. The Morgan fingerprint density at radius 1 is 1.27 bits per heavy atom. The van der Waals surface area contributed by atoms with Crippen LogP contribution < -0.4 is 5.32 Å². The summed E-state index contributed by atoms with van der Waals surface area (Å²) in [4.78, 5) is 11.7. The Labute approximate surface area is 159 Å². The van der Waals surface area contributed by atoms with E-state index in [1.165, 1.54) is 5.56 Å². The predicted octanol–water partition coefficient (Wildman–Crippen LogP) is 2.31. The molecule has 3 aromatic rings. The van der Waals surface area contributed by atoms with Crippen molar-refractivity contribution in [3.8, 4) is 0 Å². The molecule has 8 heteroatoms. The van der Waals surface area contributed by atoms with Gasteiger partial charge in [0.2, 0.25) is 0 Å². The molecule has 140 valence electrons. The molecule has 26 heavy (non-hydrogen) atoms. The molecule has 0 saturated carbocycles. The summed E-state index contributed by atoms with van der Waals surface area (Å²) in [5.74, 6) is 1.11. The summed E-state index contributed by atoms with van der Waals surface area (Å²) in [5.41, 5.74) is 2.18. The average molecular weight is 376 g/mol. The van der Waals surface area contributed by atoms with E-state index < -0.39 is 0 Å². The van der Waals surface area contributed by atoms with Crippen molar-refractivity contribution in [2.45, 2.75) is 32.5 Å². The lowest BCUT2D eigenvalue weighted by Crippen LogP contribution is -2.46. The van der Waals surface area contributed by atoms with Gasteiger partial charge in [0.1, 0.15) is 5.82 Å². The normalized spacial score (nSPS) is 18.4. The summed E-state index contributed by atoms with van der Waals surface area (Å²) < 4.78 is 4.08. The highest BCUT2D eigenvalue weighted by Crippen LogP contribution is 2.24. The summed E-state index contributed by atoms with van der Waals surface area (Å²) in [7, 11) is 2.06. The van der Waals surface area contributed by atoms with Crippen LogP contribution >= 0.6 is 12.4 Å². The van der Waals surface area contributed by atoms with Crippen LogP contribution in [0.25, 0.3) is 11.0 Å². The quantitative estimate of drug-likeness (QED) is 0.758. The van der Waals surface area contributed by atoms with Crippen molar-refractivity contribution >= 4 is 23.4 Å². The highest BCUT2D eigenvalue weighted by Gasteiger charge is 2.26. The van der Waals surface area contributed by atoms with E-state index in [2.05, 4.69) is 56.8 Å². The Bertz CT molecular complexity index is 869. The number of piperazine rings is 1. The molecule has 1 unspecified atom stereocenters. The molecule has 1 N–H and O–H groups in total. The molecule has 3 aromatic heterocycles. The molecule has 1 aliphatic rings. The molecule has 4 heterocycles. The maximum Gasteiger partial charge on any atom is 0.157 e. The maximum atomic E-state index is 4.67. The fraction of sp³-hybridized carbons (Fsp3) is 0.500. The minimum atomic E-state index is 0. The third-order valence-corrected chi connectivity index (χ3v) is 4.88. The molecule has 0 aliphatic carbocycles. The van der Waals surface area contributed by atoms with Crippen LogP contribution in [0.3, 0.4) is 0 Å². The second kappa shape index (κ2) is 7.73. The van der Waals surface area contributed by atoms with Gasteiger partial charge in [-0.3, -0.25) is 4.90 Å². The SMILES string of the molecule is CC(C)n1ncc2cc(CN3CCNCC3c3nccn3C)cnc21.Cl. The molecule has 7 nitrogen and oxygen atoms in total. The Hall–Kier alpha value is -1.96. The number of rotatable bonds is 4. The van der Waals surface area contributed by atoms with E-state index in [0.717, 1.165) is 43.0 Å². The van der Waals surface area contributed by atoms with Crippen molar-refractivity contribution < 1.29 is 0 Å². The van der Waals surface area contributed by atoms with Gasteiger partial charge in [-0.15, -0.1) is 12.4 Å². The van der Waals surface area contributed by atoms with Gasteiger partial charge in [0.05, 0.1) is 12.2 Å². The molecule has 1 atom stereocenters. The first-order valence-corrected chi connectivity index (χ1v) is 8.87. The highest BCUT2D eigenvalue weighted by molar-refractivity contribution is 5.85. The minimum Gasteiger partial charge on any atom is -0.337 e. The van der Waals surface area contributed by atoms with Gasteiger partial charge in [-0.1, -0.05) is 0 Å².